The van der Waals surface area contributed by atoms with Gasteiger partial charge in [0.2, 0.25) is 0 Å². The third-order valence-electron chi connectivity index (χ3n) is 1.56. The van der Waals surface area contributed by atoms with Gasteiger partial charge in [0.15, 0.2) is 0 Å². The molecule has 2 nitrogen and oxygen atoms in total. The third kappa shape index (κ3) is 4.77. The van der Waals surface area contributed by atoms with Crippen molar-refractivity contribution >= 4 is 0 Å². The molecule has 1 atom stereocenters. The van der Waals surface area contributed by atoms with E-state index in [2.05, 4.69) is 13.8 Å². The minimum atomic E-state index is 0.366. The molecule has 0 fully saturated rings. The van der Waals surface area contributed by atoms with E-state index in [1.807, 2.05) is 0 Å². The van der Waals surface area contributed by atoms with Gasteiger partial charge in [0.05, 0.1) is 6.10 Å². The summed E-state index contributed by atoms with van der Waals surface area (Å²) >= 11 is 0. The summed E-state index contributed by atoms with van der Waals surface area (Å²) in [5.74, 6) is 0.705. The topological polar surface area (TPSA) is 35.2 Å². The van der Waals surface area contributed by atoms with E-state index >= 15 is 0 Å². The second-order valence-electron chi connectivity index (χ2n) is 3.06. The lowest BCUT2D eigenvalue weighted by Crippen LogP contribution is -2.18. The van der Waals surface area contributed by atoms with Crippen molar-refractivity contribution in [2.45, 2.75) is 32.8 Å². The van der Waals surface area contributed by atoms with E-state index in [9.17, 15) is 0 Å². The van der Waals surface area contributed by atoms with Crippen LogP contribution in [0.5, 0.6) is 0 Å². The Balaban J connectivity index is 3.39. The van der Waals surface area contributed by atoms with Gasteiger partial charge in [0.1, 0.15) is 0 Å². The van der Waals surface area contributed by atoms with Gasteiger partial charge < -0.3 is 10.5 Å². The van der Waals surface area contributed by atoms with Crippen LogP contribution in [-0.4, -0.2) is 19.8 Å². The highest BCUT2D eigenvalue weighted by Crippen LogP contribution is 2.09. The second kappa shape index (κ2) is 5.69. The van der Waals surface area contributed by atoms with E-state index in [-0.39, 0.29) is 0 Å². The molecule has 10 heavy (non-hydrogen) atoms. The molecule has 0 aliphatic heterocycles. The lowest BCUT2D eigenvalue weighted by atomic mass is 10.0. The standard InChI is InChI=1S/C8H19NO/c1-7(2)6-8(10-3)4-5-9/h7-8H,4-6,9H2,1-3H3. The Kier molecular flexibility index (Phi) is 5.64. The van der Waals surface area contributed by atoms with Crippen molar-refractivity contribution in [2.75, 3.05) is 13.7 Å². The van der Waals surface area contributed by atoms with E-state index in [1.165, 1.54) is 0 Å². The molecule has 0 heterocycles. The number of nitrogens with two attached hydrogens (primary N) is 1. The smallest absolute Gasteiger partial charge is 0.0585 e. The van der Waals surface area contributed by atoms with Crippen LogP contribution in [0.25, 0.3) is 0 Å². The molecule has 0 aromatic rings. The number of methoxy groups -OCH3 is 1. The Morgan fingerprint density at radius 3 is 2.30 bits per heavy atom. The van der Waals surface area contributed by atoms with E-state index in [0.717, 1.165) is 19.4 Å². The Hall–Kier alpha value is -0.0800. The minimum absolute atomic E-state index is 0.366. The molecule has 0 bridgehead atoms. The molecule has 1 unspecified atom stereocenters. The van der Waals surface area contributed by atoms with Crippen LogP contribution in [0.3, 0.4) is 0 Å². The van der Waals surface area contributed by atoms with Crippen molar-refractivity contribution < 1.29 is 4.74 Å². The average molecular weight is 145 g/mol. The van der Waals surface area contributed by atoms with Gasteiger partial charge in [-0.15, -0.1) is 0 Å². The minimum Gasteiger partial charge on any atom is -0.381 e. The van der Waals surface area contributed by atoms with Crippen LogP contribution in [0.15, 0.2) is 0 Å². The highest BCUT2D eigenvalue weighted by atomic mass is 16.5. The van der Waals surface area contributed by atoms with E-state index < -0.39 is 0 Å². The number of ether oxygens (including phenoxy) is 1. The van der Waals surface area contributed by atoms with E-state index in [4.69, 9.17) is 10.5 Å². The maximum atomic E-state index is 5.40. The molecule has 0 rings (SSSR count). The predicted octanol–water partition coefficient (Wildman–Crippen LogP) is 1.40. The van der Waals surface area contributed by atoms with E-state index in [0.29, 0.717) is 12.0 Å². The van der Waals surface area contributed by atoms with Gasteiger partial charge in [-0.1, -0.05) is 13.8 Å². The van der Waals surface area contributed by atoms with Gasteiger partial charge in [-0.05, 0) is 25.3 Å². The SMILES string of the molecule is COC(CCN)CC(C)C. The van der Waals surface area contributed by atoms with Crippen molar-refractivity contribution in [3.63, 3.8) is 0 Å². The summed E-state index contributed by atoms with van der Waals surface area (Å²) in [5.41, 5.74) is 5.40. The Labute approximate surface area is 63.7 Å². The van der Waals surface area contributed by atoms with Gasteiger partial charge in [-0.25, -0.2) is 0 Å². The molecule has 2 heteroatoms. The summed E-state index contributed by atoms with van der Waals surface area (Å²) in [6.07, 6.45) is 2.47. The molecular formula is C8H19NO. The highest BCUT2D eigenvalue weighted by Gasteiger charge is 2.07. The maximum absolute atomic E-state index is 5.40. The summed E-state index contributed by atoms with van der Waals surface area (Å²) < 4.78 is 5.22. The zero-order valence-electron chi connectivity index (χ0n) is 7.26. The summed E-state index contributed by atoms with van der Waals surface area (Å²) in [4.78, 5) is 0. The van der Waals surface area contributed by atoms with Crippen molar-refractivity contribution in [2.24, 2.45) is 11.7 Å². The first-order valence-corrected chi connectivity index (χ1v) is 3.93. The van der Waals surface area contributed by atoms with E-state index in [1.54, 1.807) is 7.11 Å². The molecule has 0 spiro atoms. The first-order chi connectivity index (χ1) is 4.70. The second-order valence-corrected chi connectivity index (χ2v) is 3.06. The van der Waals surface area contributed by atoms with Crippen LogP contribution in [-0.2, 0) is 4.74 Å². The molecule has 0 saturated carbocycles. The Morgan fingerprint density at radius 1 is 1.40 bits per heavy atom. The molecule has 0 aliphatic rings. The van der Waals surface area contributed by atoms with Crippen LogP contribution in [0.4, 0.5) is 0 Å². The van der Waals surface area contributed by atoms with Crippen LogP contribution in [0.2, 0.25) is 0 Å². The normalized spacial score (nSPS) is 14.1. The molecule has 0 amide bonds. The number of hydrogen-bond acceptors (Lipinski definition) is 2. The third-order valence-corrected chi connectivity index (χ3v) is 1.56. The zero-order valence-corrected chi connectivity index (χ0v) is 7.26. The lowest BCUT2D eigenvalue weighted by molar-refractivity contribution is 0.0794. The van der Waals surface area contributed by atoms with Crippen molar-refractivity contribution in [1.82, 2.24) is 0 Å². The predicted molar refractivity (Wildman–Crippen MR) is 43.9 cm³/mol. The fourth-order valence-electron chi connectivity index (χ4n) is 1.04. The molecule has 0 aliphatic carbocycles. The summed E-state index contributed by atoms with van der Waals surface area (Å²) in [5, 5.41) is 0. The van der Waals surface area contributed by atoms with Gasteiger partial charge in [-0.3, -0.25) is 0 Å². The van der Waals surface area contributed by atoms with Gasteiger partial charge >= 0.3 is 0 Å². The fraction of sp³-hybridized carbons (Fsp3) is 1.00. The number of hydrogen-bond donors (Lipinski definition) is 1. The van der Waals surface area contributed by atoms with Crippen molar-refractivity contribution in [1.29, 1.82) is 0 Å². The lowest BCUT2D eigenvalue weighted by Gasteiger charge is -2.15. The zero-order chi connectivity index (χ0) is 7.98. The maximum Gasteiger partial charge on any atom is 0.0585 e. The number of rotatable bonds is 5. The Morgan fingerprint density at radius 2 is 2.00 bits per heavy atom. The van der Waals surface area contributed by atoms with Gasteiger partial charge in [0, 0.05) is 7.11 Å². The van der Waals surface area contributed by atoms with Crippen LogP contribution >= 0.6 is 0 Å². The molecule has 0 saturated heterocycles. The molecule has 0 aromatic carbocycles. The first-order valence-electron chi connectivity index (χ1n) is 3.93. The van der Waals surface area contributed by atoms with Crippen LogP contribution in [0, 0.1) is 5.92 Å². The largest absolute Gasteiger partial charge is 0.381 e. The van der Waals surface area contributed by atoms with Crippen LogP contribution in [0.1, 0.15) is 26.7 Å². The average Bonchev–Trinajstić information content (AvgIpc) is 1.86. The van der Waals surface area contributed by atoms with Crippen LogP contribution < -0.4 is 5.73 Å². The monoisotopic (exact) mass is 145 g/mol. The molecule has 0 aromatic heterocycles. The highest BCUT2D eigenvalue weighted by molar-refractivity contribution is 4.60. The summed E-state index contributed by atoms with van der Waals surface area (Å²) in [6.45, 7) is 5.12. The molecule has 2 N–H and O–H groups in total. The molecule has 62 valence electrons. The molecule has 0 radical (unpaired) electrons. The van der Waals surface area contributed by atoms with Gasteiger partial charge in [-0.2, -0.15) is 0 Å². The Bertz CT molecular complexity index is 73.7. The summed E-state index contributed by atoms with van der Waals surface area (Å²) in [7, 11) is 1.75. The van der Waals surface area contributed by atoms with Crippen molar-refractivity contribution in [3.8, 4) is 0 Å². The first kappa shape index (κ1) is 9.92. The fourth-order valence-corrected chi connectivity index (χ4v) is 1.04. The summed E-state index contributed by atoms with van der Waals surface area (Å²) in [6, 6.07) is 0. The quantitative estimate of drug-likeness (QED) is 0.634. The molecular weight excluding hydrogens is 126 g/mol. The van der Waals surface area contributed by atoms with Gasteiger partial charge in [0.25, 0.3) is 0 Å². The van der Waals surface area contributed by atoms with Crippen molar-refractivity contribution in [3.05, 3.63) is 0 Å².